The maximum atomic E-state index is 13.1. The van der Waals surface area contributed by atoms with Gasteiger partial charge in [-0.2, -0.15) is 0 Å². The van der Waals surface area contributed by atoms with Gasteiger partial charge in [0.25, 0.3) is 5.91 Å². The normalized spacial score (nSPS) is 17.6. The summed E-state index contributed by atoms with van der Waals surface area (Å²) in [6.07, 6.45) is 7.82. The van der Waals surface area contributed by atoms with E-state index in [2.05, 4.69) is 11.2 Å². The molecule has 7 heteroatoms. The molecule has 0 bridgehead atoms. The van der Waals surface area contributed by atoms with Gasteiger partial charge < -0.3 is 24.3 Å². The van der Waals surface area contributed by atoms with Crippen molar-refractivity contribution in [1.29, 1.82) is 0 Å². The number of hydrogen-bond acceptors (Lipinski definition) is 6. The highest BCUT2D eigenvalue weighted by Crippen LogP contribution is 2.31. The smallest absolute Gasteiger partial charge is 0.286 e. The summed E-state index contributed by atoms with van der Waals surface area (Å²) in [6, 6.07) is 14.3. The van der Waals surface area contributed by atoms with E-state index in [1.807, 2.05) is 24.3 Å². The van der Waals surface area contributed by atoms with E-state index >= 15 is 0 Å². The van der Waals surface area contributed by atoms with Crippen molar-refractivity contribution in [2.75, 3.05) is 6.54 Å². The predicted octanol–water partition coefficient (Wildman–Crippen LogP) is 2.97. The van der Waals surface area contributed by atoms with E-state index in [9.17, 15) is 14.7 Å². The zero-order chi connectivity index (χ0) is 23.2. The van der Waals surface area contributed by atoms with Crippen molar-refractivity contribution in [3.8, 4) is 12.3 Å². The number of rotatable bonds is 7. The highest BCUT2D eigenvalue weighted by molar-refractivity contribution is 5.92. The van der Waals surface area contributed by atoms with E-state index in [1.165, 1.54) is 6.26 Å². The average Bonchev–Trinajstić information content (AvgIpc) is 2.86. The molecule has 3 aromatic rings. The topological polar surface area (TPSA) is 98.0 Å². The first-order chi connectivity index (χ1) is 16.1. The Bertz CT molecular complexity index is 1270. The summed E-state index contributed by atoms with van der Waals surface area (Å²) >= 11 is 0. The lowest BCUT2D eigenvalue weighted by Crippen LogP contribution is -2.33. The first kappa shape index (κ1) is 22.3. The summed E-state index contributed by atoms with van der Waals surface area (Å²) < 4.78 is 17.4. The van der Waals surface area contributed by atoms with Gasteiger partial charge in [-0.05, 0) is 29.3 Å². The molecule has 1 aromatic heterocycles. The number of fused-ring (bicyclic) bond motifs is 1. The van der Waals surface area contributed by atoms with Gasteiger partial charge in [-0.25, -0.2) is 0 Å². The van der Waals surface area contributed by atoms with Crippen molar-refractivity contribution in [3.05, 3.63) is 93.5 Å². The fraction of sp³-hybridized carbons (Fsp3) is 0.231. The first-order valence-electron chi connectivity index (χ1n) is 10.5. The largest absolute Gasteiger partial charge is 0.464 e. The average molecular weight is 445 g/mol. The molecule has 7 nitrogen and oxygen atoms in total. The molecule has 2 atom stereocenters. The summed E-state index contributed by atoms with van der Waals surface area (Å²) in [6.45, 7) is 0.240. The minimum Gasteiger partial charge on any atom is -0.464 e. The van der Waals surface area contributed by atoms with Crippen molar-refractivity contribution in [1.82, 2.24) is 5.32 Å². The third-order valence-corrected chi connectivity index (χ3v) is 5.38. The Kier molecular flexibility index (Phi) is 6.89. The fourth-order valence-corrected chi connectivity index (χ4v) is 3.63. The fourth-order valence-electron chi connectivity index (χ4n) is 3.63. The molecule has 0 fully saturated rings. The molecule has 0 aliphatic carbocycles. The monoisotopic (exact) mass is 445 g/mol. The van der Waals surface area contributed by atoms with E-state index in [0.717, 1.165) is 11.1 Å². The van der Waals surface area contributed by atoms with Gasteiger partial charge in [-0.3, -0.25) is 9.59 Å². The lowest BCUT2D eigenvalue weighted by atomic mass is 9.93. The van der Waals surface area contributed by atoms with Crippen molar-refractivity contribution in [3.63, 3.8) is 0 Å². The van der Waals surface area contributed by atoms with Gasteiger partial charge in [0.1, 0.15) is 5.58 Å². The van der Waals surface area contributed by atoms with Crippen molar-refractivity contribution in [2.45, 2.75) is 31.8 Å². The maximum absolute atomic E-state index is 13.1. The van der Waals surface area contributed by atoms with Crippen LogP contribution in [0.15, 0.2) is 75.8 Å². The van der Waals surface area contributed by atoms with Gasteiger partial charge in [0.2, 0.25) is 6.29 Å². The molecular formula is C26H23NO6. The van der Waals surface area contributed by atoms with Crippen LogP contribution >= 0.6 is 0 Å². The van der Waals surface area contributed by atoms with E-state index in [1.54, 1.807) is 30.3 Å². The van der Waals surface area contributed by atoms with Crippen molar-refractivity contribution in [2.24, 2.45) is 0 Å². The maximum Gasteiger partial charge on any atom is 0.286 e. The van der Waals surface area contributed by atoms with Gasteiger partial charge in [-0.1, -0.05) is 42.3 Å². The Balaban J connectivity index is 1.59. The Hall–Kier alpha value is -3.86. The Morgan fingerprint density at radius 3 is 2.70 bits per heavy atom. The number of aliphatic hydroxyl groups excluding tert-OH is 1. The molecule has 33 heavy (non-hydrogen) atoms. The minimum atomic E-state index is -0.769. The third-order valence-electron chi connectivity index (χ3n) is 5.38. The molecule has 0 unspecified atom stereocenters. The van der Waals surface area contributed by atoms with Gasteiger partial charge >= 0.3 is 0 Å². The molecule has 2 aromatic carbocycles. The molecule has 0 saturated carbocycles. The molecule has 1 aliphatic rings. The summed E-state index contributed by atoms with van der Waals surface area (Å²) in [5, 5.41) is 12.2. The highest BCUT2D eigenvalue weighted by atomic mass is 16.7. The standard InChI is InChI=1S/C26H23NO6/c1-2-11-27-26(30)23-12-19(21-16-31-22-6-4-3-5-20(22)25(21)29)13-24(33-23)32-15-18-9-7-17(14-28)8-10-18/h1,3-10,12,16,19,24,28H,11,13-15H2,(H,27,30)/t19-,24+/m0/s1. The van der Waals surface area contributed by atoms with Crippen LogP contribution in [-0.2, 0) is 27.5 Å². The number of hydrogen-bond donors (Lipinski definition) is 2. The van der Waals surface area contributed by atoms with E-state index in [-0.39, 0.29) is 30.9 Å². The van der Waals surface area contributed by atoms with E-state index < -0.39 is 18.1 Å². The number of benzene rings is 2. The van der Waals surface area contributed by atoms with Crippen LogP contribution in [0.3, 0.4) is 0 Å². The molecule has 4 rings (SSSR count). The van der Waals surface area contributed by atoms with Gasteiger partial charge in [0.15, 0.2) is 11.2 Å². The second-order valence-corrected chi connectivity index (χ2v) is 7.61. The first-order valence-corrected chi connectivity index (χ1v) is 10.5. The Morgan fingerprint density at radius 2 is 1.94 bits per heavy atom. The minimum absolute atomic E-state index is 0.0367. The number of carbonyl (C=O) groups excluding carboxylic acids is 1. The highest BCUT2D eigenvalue weighted by Gasteiger charge is 2.30. The molecule has 168 valence electrons. The molecular weight excluding hydrogens is 422 g/mol. The van der Waals surface area contributed by atoms with Crippen LogP contribution in [0.2, 0.25) is 0 Å². The number of terminal acetylenes is 1. The molecule has 2 heterocycles. The lowest BCUT2D eigenvalue weighted by Gasteiger charge is -2.29. The SMILES string of the molecule is C#CCNC(=O)C1=C[C@H](c2coc3ccccc3c2=O)C[C@H](OCc2ccc(CO)cc2)O1. The van der Waals surface area contributed by atoms with Gasteiger partial charge in [0, 0.05) is 17.9 Å². The number of para-hydroxylation sites is 1. The second-order valence-electron chi connectivity index (χ2n) is 7.61. The summed E-state index contributed by atoms with van der Waals surface area (Å²) in [5.41, 5.74) is 2.42. The quantitative estimate of drug-likeness (QED) is 0.543. The molecule has 0 spiro atoms. The number of carbonyl (C=O) groups is 1. The molecule has 2 N–H and O–H groups in total. The summed E-state index contributed by atoms with van der Waals surface area (Å²) in [5.74, 6) is 1.45. The Labute approximate surface area is 190 Å². The molecule has 0 radical (unpaired) electrons. The van der Waals surface area contributed by atoms with Crippen LogP contribution < -0.4 is 10.7 Å². The van der Waals surface area contributed by atoms with Crippen LogP contribution in [-0.4, -0.2) is 23.8 Å². The van der Waals surface area contributed by atoms with Crippen LogP contribution in [0.5, 0.6) is 0 Å². The summed E-state index contributed by atoms with van der Waals surface area (Å²) in [7, 11) is 0. The zero-order valence-electron chi connectivity index (χ0n) is 17.8. The number of ether oxygens (including phenoxy) is 2. The predicted molar refractivity (Wildman–Crippen MR) is 122 cm³/mol. The Morgan fingerprint density at radius 1 is 1.18 bits per heavy atom. The van der Waals surface area contributed by atoms with E-state index in [0.29, 0.717) is 23.0 Å². The lowest BCUT2D eigenvalue weighted by molar-refractivity contribution is -0.150. The molecule has 0 saturated heterocycles. The number of amides is 1. The van der Waals surface area contributed by atoms with Crippen molar-refractivity contribution < 1.29 is 23.8 Å². The number of aliphatic hydroxyl groups is 1. The van der Waals surface area contributed by atoms with Gasteiger partial charge in [-0.15, -0.1) is 6.42 Å². The van der Waals surface area contributed by atoms with Crippen LogP contribution in [0.4, 0.5) is 0 Å². The number of allylic oxidation sites excluding steroid dienone is 1. The van der Waals surface area contributed by atoms with Crippen molar-refractivity contribution >= 4 is 16.9 Å². The van der Waals surface area contributed by atoms with E-state index in [4.69, 9.17) is 20.3 Å². The van der Waals surface area contributed by atoms with Crippen LogP contribution in [0, 0.1) is 12.3 Å². The third kappa shape index (κ3) is 5.14. The zero-order valence-corrected chi connectivity index (χ0v) is 17.8. The number of nitrogens with one attached hydrogen (secondary N) is 1. The second kappa shape index (κ2) is 10.2. The van der Waals surface area contributed by atoms with Crippen LogP contribution in [0.25, 0.3) is 11.0 Å². The molecule has 1 aliphatic heterocycles. The molecule has 1 amide bonds. The summed E-state index contributed by atoms with van der Waals surface area (Å²) in [4.78, 5) is 25.6. The van der Waals surface area contributed by atoms with Gasteiger partial charge in [0.05, 0.1) is 31.4 Å². The van der Waals surface area contributed by atoms with Crippen LogP contribution in [0.1, 0.15) is 29.0 Å².